The average Bonchev–Trinajstić information content (AvgIpc) is 2.39. The van der Waals surface area contributed by atoms with Crippen molar-refractivity contribution in [2.45, 2.75) is 4.90 Å². The highest BCUT2D eigenvalue weighted by Crippen LogP contribution is 2.16. The highest BCUT2D eigenvalue weighted by Gasteiger charge is 2.04. The standard InChI is InChI=1S/C14H14BrNO2S/c15-11-4-6-14(7-5-11)19(17)9-8-18-13-3-1-2-12(16)10-13/h1-7,10H,8-9,16H2. The molecule has 0 saturated carbocycles. The largest absolute Gasteiger partial charge is 0.493 e. The Morgan fingerprint density at radius 2 is 1.89 bits per heavy atom. The van der Waals surface area contributed by atoms with E-state index < -0.39 is 10.8 Å². The molecule has 0 bridgehead atoms. The van der Waals surface area contributed by atoms with Crippen LogP contribution in [0.15, 0.2) is 57.9 Å². The van der Waals surface area contributed by atoms with E-state index >= 15 is 0 Å². The number of benzene rings is 2. The molecule has 0 heterocycles. The molecule has 0 fully saturated rings. The van der Waals surface area contributed by atoms with Gasteiger partial charge in [0.15, 0.2) is 0 Å². The van der Waals surface area contributed by atoms with Crippen molar-refractivity contribution in [2.75, 3.05) is 18.1 Å². The Kier molecular flexibility index (Phi) is 4.99. The third-order valence-corrected chi connectivity index (χ3v) is 4.34. The fraction of sp³-hybridized carbons (Fsp3) is 0.143. The van der Waals surface area contributed by atoms with Crippen LogP contribution in [0.25, 0.3) is 0 Å². The molecule has 0 radical (unpaired) electrons. The first kappa shape index (κ1) is 14.1. The Hall–Kier alpha value is -1.33. The van der Waals surface area contributed by atoms with Gasteiger partial charge in [0.25, 0.3) is 0 Å². The van der Waals surface area contributed by atoms with Gasteiger partial charge in [-0.1, -0.05) is 22.0 Å². The Morgan fingerprint density at radius 3 is 2.58 bits per heavy atom. The van der Waals surface area contributed by atoms with Crippen molar-refractivity contribution in [3.05, 3.63) is 53.0 Å². The highest BCUT2D eigenvalue weighted by atomic mass is 79.9. The van der Waals surface area contributed by atoms with E-state index in [2.05, 4.69) is 15.9 Å². The molecule has 0 aliphatic carbocycles. The van der Waals surface area contributed by atoms with Gasteiger partial charge in [0.1, 0.15) is 12.4 Å². The van der Waals surface area contributed by atoms with Gasteiger partial charge in [-0.3, -0.25) is 4.21 Å². The molecule has 0 spiro atoms. The molecular weight excluding hydrogens is 326 g/mol. The van der Waals surface area contributed by atoms with Gasteiger partial charge >= 0.3 is 0 Å². The first-order chi connectivity index (χ1) is 9.15. The van der Waals surface area contributed by atoms with Crippen molar-refractivity contribution >= 4 is 32.4 Å². The number of halogens is 1. The lowest BCUT2D eigenvalue weighted by atomic mass is 10.3. The average molecular weight is 340 g/mol. The van der Waals surface area contributed by atoms with Crippen LogP contribution in [0.3, 0.4) is 0 Å². The van der Waals surface area contributed by atoms with Crippen LogP contribution >= 0.6 is 15.9 Å². The van der Waals surface area contributed by atoms with Gasteiger partial charge in [-0.2, -0.15) is 0 Å². The van der Waals surface area contributed by atoms with E-state index in [1.807, 2.05) is 36.4 Å². The number of hydrogen-bond acceptors (Lipinski definition) is 3. The number of anilines is 1. The molecule has 5 heteroatoms. The summed E-state index contributed by atoms with van der Waals surface area (Å²) in [5, 5.41) is 0. The first-order valence-electron chi connectivity index (χ1n) is 5.77. The second-order valence-electron chi connectivity index (χ2n) is 3.92. The maximum Gasteiger partial charge on any atom is 0.121 e. The van der Waals surface area contributed by atoms with E-state index in [4.69, 9.17) is 10.5 Å². The first-order valence-corrected chi connectivity index (χ1v) is 7.88. The minimum absolute atomic E-state index is 0.395. The predicted molar refractivity (Wildman–Crippen MR) is 81.8 cm³/mol. The van der Waals surface area contributed by atoms with Crippen LogP contribution in [0.4, 0.5) is 5.69 Å². The maximum atomic E-state index is 12.0. The summed E-state index contributed by atoms with van der Waals surface area (Å²) in [6.07, 6.45) is 0. The van der Waals surface area contributed by atoms with E-state index in [0.717, 1.165) is 9.37 Å². The minimum atomic E-state index is -1.05. The van der Waals surface area contributed by atoms with Crippen LogP contribution in [0.2, 0.25) is 0 Å². The third-order valence-electron chi connectivity index (χ3n) is 2.47. The molecular formula is C14H14BrNO2S. The van der Waals surface area contributed by atoms with Gasteiger partial charge < -0.3 is 10.5 Å². The summed E-state index contributed by atoms with van der Waals surface area (Å²) in [7, 11) is -1.05. The highest BCUT2D eigenvalue weighted by molar-refractivity contribution is 9.10. The van der Waals surface area contributed by atoms with Crippen LogP contribution in [0, 0.1) is 0 Å². The second kappa shape index (κ2) is 6.73. The zero-order valence-corrected chi connectivity index (χ0v) is 12.6. The topological polar surface area (TPSA) is 52.3 Å². The molecule has 0 aliphatic rings. The lowest BCUT2D eigenvalue weighted by Gasteiger charge is -2.07. The van der Waals surface area contributed by atoms with E-state index in [9.17, 15) is 4.21 Å². The lowest BCUT2D eigenvalue weighted by Crippen LogP contribution is -2.08. The summed E-state index contributed by atoms with van der Waals surface area (Å²) in [5.41, 5.74) is 6.31. The van der Waals surface area contributed by atoms with Crippen LogP contribution in [-0.4, -0.2) is 16.6 Å². The molecule has 100 valence electrons. The zero-order valence-electron chi connectivity index (χ0n) is 10.2. The van der Waals surface area contributed by atoms with Crippen molar-refractivity contribution in [3.8, 4) is 5.75 Å². The molecule has 0 amide bonds. The van der Waals surface area contributed by atoms with Crippen LogP contribution < -0.4 is 10.5 Å². The van der Waals surface area contributed by atoms with E-state index in [1.54, 1.807) is 12.1 Å². The third kappa shape index (κ3) is 4.36. The molecule has 19 heavy (non-hydrogen) atoms. The summed E-state index contributed by atoms with van der Waals surface area (Å²) in [6, 6.07) is 14.7. The number of rotatable bonds is 5. The summed E-state index contributed by atoms with van der Waals surface area (Å²) in [4.78, 5) is 0.805. The molecule has 0 aliphatic heterocycles. The molecule has 3 nitrogen and oxygen atoms in total. The van der Waals surface area contributed by atoms with Gasteiger partial charge in [-0.15, -0.1) is 0 Å². The molecule has 2 N–H and O–H groups in total. The Balaban J connectivity index is 1.86. The van der Waals surface area contributed by atoms with E-state index in [-0.39, 0.29) is 0 Å². The summed E-state index contributed by atoms with van der Waals surface area (Å²) in [5.74, 6) is 1.16. The van der Waals surface area contributed by atoms with Gasteiger partial charge in [-0.25, -0.2) is 0 Å². The molecule has 1 atom stereocenters. The SMILES string of the molecule is Nc1cccc(OCCS(=O)c2ccc(Br)cc2)c1. The van der Waals surface area contributed by atoms with E-state index in [1.165, 1.54) is 0 Å². The molecule has 0 aromatic heterocycles. The number of nitrogens with two attached hydrogens (primary N) is 1. The smallest absolute Gasteiger partial charge is 0.121 e. The summed E-state index contributed by atoms with van der Waals surface area (Å²) >= 11 is 3.35. The van der Waals surface area contributed by atoms with Crippen LogP contribution in [-0.2, 0) is 10.8 Å². The maximum absolute atomic E-state index is 12.0. The van der Waals surface area contributed by atoms with Gasteiger partial charge in [0.05, 0.1) is 16.6 Å². The quantitative estimate of drug-likeness (QED) is 0.851. The normalized spacial score (nSPS) is 12.1. The minimum Gasteiger partial charge on any atom is -0.493 e. The molecule has 1 unspecified atom stereocenters. The monoisotopic (exact) mass is 339 g/mol. The Bertz CT molecular complexity index is 572. The Labute approximate surface area is 123 Å². The van der Waals surface area contributed by atoms with Crippen molar-refractivity contribution in [1.29, 1.82) is 0 Å². The Morgan fingerprint density at radius 1 is 1.16 bits per heavy atom. The van der Waals surface area contributed by atoms with Crippen molar-refractivity contribution in [3.63, 3.8) is 0 Å². The zero-order chi connectivity index (χ0) is 13.7. The summed E-state index contributed by atoms with van der Waals surface area (Å²) in [6.45, 7) is 0.395. The van der Waals surface area contributed by atoms with Crippen molar-refractivity contribution in [1.82, 2.24) is 0 Å². The number of ether oxygens (including phenoxy) is 1. The van der Waals surface area contributed by atoms with Crippen LogP contribution in [0.1, 0.15) is 0 Å². The number of hydrogen-bond donors (Lipinski definition) is 1. The lowest BCUT2D eigenvalue weighted by molar-refractivity contribution is 0.343. The van der Waals surface area contributed by atoms with Gasteiger partial charge in [0.2, 0.25) is 0 Å². The molecule has 2 rings (SSSR count). The molecule has 0 saturated heterocycles. The van der Waals surface area contributed by atoms with E-state index in [0.29, 0.717) is 23.8 Å². The molecule has 2 aromatic rings. The van der Waals surface area contributed by atoms with Gasteiger partial charge in [0, 0.05) is 21.1 Å². The van der Waals surface area contributed by atoms with Crippen molar-refractivity contribution in [2.24, 2.45) is 0 Å². The number of nitrogen functional groups attached to an aromatic ring is 1. The van der Waals surface area contributed by atoms with Gasteiger partial charge in [-0.05, 0) is 36.4 Å². The fourth-order valence-corrected chi connectivity index (χ4v) is 2.72. The summed E-state index contributed by atoms with van der Waals surface area (Å²) < 4.78 is 18.5. The van der Waals surface area contributed by atoms with Crippen molar-refractivity contribution < 1.29 is 8.95 Å². The van der Waals surface area contributed by atoms with Crippen LogP contribution in [0.5, 0.6) is 5.75 Å². The predicted octanol–water partition coefficient (Wildman–Crippen LogP) is 3.22. The fourth-order valence-electron chi connectivity index (χ4n) is 1.54. The second-order valence-corrected chi connectivity index (χ2v) is 6.41. The molecule has 2 aromatic carbocycles.